The van der Waals surface area contributed by atoms with Crippen LogP contribution in [0.1, 0.15) is 30.0 Å². The van der Waals surface area contributed by atoms with E-state index in [1.807, 2.05) is 0 Å². The van der Waals surface area contributed by atoms with Gasteiger partial charge in [-0.2, -0.15) is 0 Å². The minimum atomic E-state index is -1.13. The zero-order valence-corrected chi connectivity index (χ0v) is 12.0. The highest BCUT2D eigenvalue weighted by molar-refractivity contribution is 5.75. The van der Waals surface area contributed by atoms with E-state index in [1.165, 1.54) is 6.07 Å². The van der Waals surface area contributed by atoms with E-state index in [1.54, 1.807) is 0 Å². The first-order chi connectivity index (χ1) is 10.5. The van der Waals surface area contributed by atoms with Crippen LogP contribution in [0.2, 0.25) is 0 Å². The van der Waals surface area contributed by atoms with Gasteiger partial charge in [0.1, 0.15) is 17.8 Å². The number of rotatable bonds is 2. The molecule has 3 rings (SSSR count). The quantitative estimate of drug-likeness (QED) is 0.782. The summed E-state index contributed by atoms with van der Waals surface area (Å²) in [7, 11) is 0. The fraction of sp³-hybridized carbons (Fsp3) is 0.533. The van der Waals surface area contributed by atoms with Crippen LogP contribution in [0.5, 0.6) is 0 Å². The van der Waals surface area contributed by atoms with Crippen molar-refractivity contribution >= 4 is 6.03 Å². The van der Waals surface area contributed by atoms with E-state index in [0.717, 1.165) is 6.07 Å². The van der Waals surface area contributed by atoms with Crippen LogP contribution in [0.4, 0.5) is 18.0 Å². The third kappa shape index (κ3) is 3.04. The Bertz CT molecular complexity index is 581. The lowest BCUT2D eigenvalue weighted by Gasteiger charge is -2.27. The molecule has 1 aromatic carbocycles. The van der Waals surface area contributed by atoms with Crippen molar-refractivity contribution in [3.8, 4) is 0 Å². The Balaban J connectivity index is 1.70. The van der Waals surface area contributed by atoms with Crippen molar-refractivity contribution in [2.75, 3.05) is 13.1 Å². The number of nitrogens with one attached hydrogen (secondary N) is 3. The van der Waals surface area contributed by atoms with Gasteiger partial charge in [-0.25, -0.2) is 18.0 Å². The van der Waals surface area contributed by atoms with Crippen molar-refractivity contribution in [1.82, 2.24) is 16.0 Å². The number of fused-ring (bicyclic) bond motifs is 1. The number of carbonyl (C=O) groups is 1. The average Bonchev–Trinajstić information content (AvgIpc) is 2.85. The van der Waals surface area contributed by atoms with Crippen molar-refractivity contribution < 1.29 is 18.0 Å². The number of benzene rings is 1. The van der Waals surface area contributed by atoms with Gasteiger partial charge in [0, 0.05) is 19.2 Å². The molecule has 0 radical (unpaired) electrons. The van der Waals surface area contributed by atoms with E-state index in [-0.39, 0.29) is 6.54 Å². The molecule has 120 valence electrons. The van der Waals surface area contributed by atoms with Crippen molar-refractivity contribution in [2.24, 2.45) is 0 Å². The Morgan fingerprint density at radius 1 is 1.23 bits per heavy atom. The number of carbonyl (C=O) groups excluding carboxylic acids is 1. The van der Waals surface area contributed by atoms with Crippen LogP contribution in [0.3, 0.4) is 0 Å². The van der Waals surface area contributed by atoms with Crippen LogP contribution in [-0.4, -0.2) is 31.3 Å². The molecule has 0 bridgehead atoms. The minimum Gasteiger partial charge on any atom is -0.331 e. The minimum absolute atomic E-state index is 0.216. The summed E-state index contributed by atoms with van der Waals surface area (Å²) >= 11 is 0. The molecule has 1 fully saturated rings. The van der Waals surface area contributed by atoms with E-state index in [4.69, 9.17) is 0 Å². The first kappa shape index (κ1) is 15.1. The molecule has 1 aromatic rings. The third-order valence-electron chi connectivity index (χ3n) is 4.25. The maximum atomic E-state index is 13.8. The number of hydrogen-bond donors (Lipinski definition) is 3. The van der Waals surface area contributed by atoms with Crippen LogP contribution >= 0.6 is 0 Å². The second-order valence-corrected chi connectivity index (χ2v) is 5.80. The molecule has 1 heterocycles. The van der Waals surface area contributed by atoms with E-state index < -0.39 is 35.9 Å². The van der Waals surface area contributed by atoms with Crippen LogP contribution in [0.25, 0.3) is 0 Å². The summed E-state index contributed by atoms with van der Waals surface area (Å²) in [6.45, 7) is 0.590. The summed E-state index contributed by atoms with van der Waals surface area (Å²) in [5.41, 5.74) is 0.920. The second kappa shape index (κ2) is 6.16. The molecule has 0 unspecified atom stereocenters. The SMILES string of the molecule is O=C(N[C@H]1CCCc2c(F)cc(F)cc21)N[C@H]1CNC[C@H]1F. The fourth-order valence-corrected chi connectivity index (χ4v) is 3.14. The van der Waals surface area contributed by atoms with Crippen LogP contribution in [-0.2, 0) is 6.42 Å². The molecule has 4 nitrogen and oxygen atoms in total. The highest BCUT2D eigenvalue weighted by atomic mass is 19.1. The molecule has 0 spiro atoms. The lowest BCUT2D eigenvalue weighted by atomic mass is 9.87. The number of alkyl halides is 1. The molecule has 3 N–H and O–H groups in total. The summed E-state index contributed by atoms with van der Waals surface area (Å²) < 4.78 is 40.7. The predicted octanol–water partition coefficient (Wildman–Crippen LogP) is 1.95. The highest BCUT2D eigenvalue weighted by Gasteiger charge is 2.30. The highest BCUT2D eigenvalue weighted by Crippen LogP contribution is 2.32. The summed E-state index contributed by atoms with van der Waals surface area (Å²) in [5, 5.41) is 8.11. The Kier molecular flexibility index (Phi) is 4.24. The molecule has 0 aromatic heterocycles. The first-order valence-corrected chi connectivity index (χ1v) is 7.44. The maximum Gasteiger partial charge on any atom is 0.315 e. The molecular weight excluding hydrogens is 295 g/mol. The van der Waals surface area contributed by atoms with Crippen molar-refractivity contribution in [1.29, 1.82) is 0 Å². The summed E-state index contributed by atoms with van der Waals surface area (Å²) in [5.74, 6) is -1.24. The fourth-order valence-electron chi connectivity index (χ4n) is 3.14. The molecule has 7 heteroatoms. The Labute approximate surface area is 126 Å². The molecule has 1 aliphatic carbocycles. The van der Waals surface area contributed by atoms with Crippen molar-refractivity contribution in [2.45, 2.75) is 37.5 Å². The molecular formula is C15H18F3N3O. The van der Waals surface area contributed by atoms with Gasteiger partial charge in [0.15, 0.2) is 0 Å². The Morgan fingerprint density at radius 3 is 2.77 bits per heavy atom. The number of urea groups is 1. The molecule has 1 saturated heterocycles. The van der Waals surface area contributed by atoms with E-state index >= 15 is 0 Å². The second-order valence-electron chi connectivity index (χ2n) is 5.80. The van der Waals surface area contributed by atoms with E-state index in [0.29, 0.717) is 36.9 Å². The maximum absolute atomic E-state index is 13.8. The van der Waals surface area contributed by atoms with Crippen molar-refractivity contribution in [3.63, 3.8) is 0 Å². The molecule has 0 saturated carbocycles. The van der Waals surface area contributed by atoms with Crippen LogP contribution in [0, 0.1) is 11.6 Å². The van der Waals surface area contributed by atoms with Gasteiger partial charge in [0.2, 0.25) is 0 Å². The summed E-state index contributed by atoms with van der Waals surface area (Å²) in [4.78, 5) is 12.0. The summed E-state index contributed by atoms with van der Waals surface area (Å²) in [6, 6.07) is 0.573. The predicted molar refractivity (Wildman–Crippen MR) is 75.3 cm³/mol. The number of hydrogen-bond acceptors (Lipinski definition) is 2. The zero-order valence-electron chi connectivity index (χ0n) is 12.0. The number of amides is 2. The number of halogens is 3. The van der Waals surface area contributed by atoms with E-state index in [2.05, 4.69) is 16.0 Å². The van der Waals surface area contributed by atoms with Crippen molar-refractivity contribution in [3.05, 3.63) is 34.9 Å². The lowest BCUT2D eigenvalue weighted by molar-refractivity contribution is 0.223. The topological polar surface area (TPSA) is 53.2 Å². The zero-order chi connectivity index (χ0) is 15.7. The molecule has 2 amide bonds. The summed E-state index contributed by atoms with van der Waals surface area (Å²) in [6.07, 6.45) is 0.710. The lowest BCUT2D eigenvalue weighted by Crippen LogP contribution is -2.47. The molecule has 22 heavy (non-hydrogen) atoms. The first-order valence-electron chi connectivity index (χ1n) is 7.44. The normalized spacial score (nSPS) is 27.3. The van der Waals surface area contributed by atoms with Crippen LogP contribution in [0.15, 0.2) is 12.1 Å². The molecule has 1 aliphatic heterocycles. The van der Waals surface area contributed by atoms with Crippen LogP contribution < -0.4 is 16.0 Å². The molecule has 2 aliphatic rings. The van der Waals surface area contributed by atoms with E-state index in [9.17, 15) is 18.0 Å². The largest absolute Gasteiger partial charge is 0.331 e. The van der Waals surface area contributed by atoms with Gasteiger partial charge in [0.25, 0.3) is 0 Å². The monoisotopic (exact) mass is 313 g/mol. The third-order valence-corrected chi connectivity index (χ3v) is 4.25. The van der Waals surface area contributed by atoms with Gasteiger partial charge >= 0.3 is 6.03 Å². The Morgan fingerprint density at radius 2 is 2.05 bits per heavy atom. The van der Waals surface area contributed by atoms with Gasteiger partial charge in [-0.15, -0.1) is 0 Å². The standard InChI is InChI=1S/C15H18F3N3O/c16-8-4-10-9(11(17)5-8)2-1-3-13(10)20-15(22)21-14-7-19-6-12(14)18/h4-5,12-14,19H,1-3,6-7H2,(H2,20,21,22)/t12-,13+,14+/m1/s1. The van der Waals surface area contributed by atoms with Gasteiger partial charge in [-0.3, -0.25) is 0 Å². The smallest absolute Gasteiger partial charge is 0.315 e. The van der Waals surface area contributed by atoms with Gasteiger partial charge in [0.05, 0.1) is 12.1 Å². The van der Waals surface area contributed by atoms with Gasteiger partial charge in [-0.1, -0.05) is 0 Å². The van der Waals surface area contributed by atoms with Gasteiger partial charge < -0.3 is 16.0 Å². The molecule has 3 atom stereocenters. The van der Waals surface area contributed by atoms with Gasteiger partial charge in [-0.05, 0) is 36.5 Å². The Hall–Kier alpha value is -1.76. The average molecular weight is 313 g/mol.